The number of amides is 1. The van der Waals surface area contributed by atoms with E-state index in [1.165, 1.54) is 6.21 Å². The zero-order valence-corrected chi connectivity index (χ0v) is 17.5. The molecule has 0 spiro atoms. The third-order valence-electron chi connectivity index (χ3n) is 4.33. The summed E-state index contributed by atoms with van der Waals surface area (Å²) in [5, 5.41) is 4.00. The van der Waals surface area contributed by atoms with Gasteiger partial charge in [-0.05, 0) is 55.3 Å². The minimum absolute atomic E-state index is 0.212. The molecule has 0 bridgehead atoms. The van der Waals surface area contributed by atoms with Crippen molar-refractivity contribution in [3.63, 3.8) is 0 Å². The Labute approximate surface area is 181 Å². The number of nitrogens with zero attached hydrogens (tertiary/aromatic N) is 1. The lowest BCUT2D eigenvalue weighted by Gasteiger charge is -2.11. The normalized spacial score (nSPS) is 10.6. The highest BCUT2D eigenvalue weighted by atomic mass is 16.6. The van der Waals surface area contributed by atoms with Gasteiger partial charge in [-0.15, -0.1) is 0 Å². The van der Waals surface area contributed by atoms with Crippen LogP contribution in [0.1, 0.15) is 34.0 Å². The van der Waals surface area contributed by atoms with E-state index in [1.54, 1.807) is 36.4 Å². The van der Waals surface area contributed by atoms with Gasteiger partial charge >= 0.3 is 5.97 Å². The van der Waals surface area contributed by atoms with Crippen molar-refractivity contribution in [3.05, 3.63) is 95.1 Å². The van der Waals surface area contributed by atoms with Crippen molar-refractivity contribution in [1.82, 2.24) is 5.43 Å². The maximum atomic E-state index is 12.5. The van der Waals surface area contributed by atoms with E-state index in [-0.39, 0.29) is 12.3 Å². The summed E-state index contributed by atoms with van der Waals surface area (Å²) in [7, 11) is 0. The number of hydrogen-bond donors (Lipinski definition) is 1. The molecule has 3 rings (SSSR count). The fraction of sp³-hybridized carbons (Fsp3) is 0.160. The average molecular weight is 416 g/mol. The number of hydrogen-bond acceptors (Lipinski definition) is 5. The SMILES string of the molecule is CCOc1cc(/C=N/NC(=O)Cc2ccccc2)ccc1OC(=O)c1cccc(C)c1. The van der Waals surface area contributed by atoms with Crippen LogP contribution in [-0.2, 0) is 11.2 Å². The molecular weight excluding hydrogens is 392 g/mol. The van der Waals surface area contributed by atoms with E-state index in [4.69, 9.17) is 9.47 Å². The fourth-order valence-electron chi connectivity index (χ4n) is 2.89. The van der Waals surface area contributed by atoms with E-state index in [1.807, 2.05) is 50.2 Å². The molecule has 0 saturated heterocycles. The molecule has 0 aliphatic heterocycles. The van der Waals surface area contributed by atoms with Gasteiger partial charge < -0.3 is 9.47 Å². The lowest BCUT2D eigenvalue weighted by atomic mass is 10.1. The number of ether oxygens (including phenoxy) is 2. The van der Waals surface area contributed by atoms with Crippen LogP contribution in [-0.4, -0.2) is 24.7 Å². The molecule has 6 nitrogen and oxygen atoms in total. The van der Waals surface area contributed by atoms with Gasteiger partial charge in [-0.1, -0.05) is 48.0 Å². The minimum Gasteiger partial charge on any atom is -0.490 e. The molecule has 1 N–H and O–H groups in total. The van der Waals surface area contributed by atoms with Crippen LogP contribution in [0, 0.1) is 6.92 Å². The van der Waals surface area contributed by atoms with Gasteiger partial charge in [0.15, 0.2) is 11.5 Å². The lowest BCUT2D eigenvalue weighted by molar-refractivity contribution is -0.120. The molecule has 0 aliphatic carbocycles. The molecule has 0 heterocycles. The van der Waals surface area contributed by atoms with Crippen molar-refractivity contribution in [1.29, 1.82) is 0 Å². The Morgan fingerprint density at radius 3 is 2.52 bits per heavy atom. The smallest absolute Gasteiger partial charge is 0.343 e. The molecule has 158 valence electrons. The number of esters is 1. The standard InChI is InChI=1S/C25H24N2O4/c1-3-30-23-15-20(17-26-27-24(28)16-19-9-5-4-6-10-19)12-13-22(23)31-25(29)21-11-7-8-18(2)14-21/h4-15,17H,3,16H2,1-2H3,(H,27,28)/b26-17+. The zero-order valence-electron chi connectivity index (χ0n) is 17.5. The monoisotopic (exact) mass is 416 g/mol. The number of benzene rings is 3. The number of carbonyl (C=O) groups excluding carboxylic acids is 2. The lowest BCUT2D eigenvalue weighted by Crippen LogP contribution is -2.19. The minimum atomic E-state index is -0.459. The Morgan fingerprint density at radius 2 is 1.77 bits per heavy atom. The maximum Gasteiger partial charge on any atom is 0.343 e. The molecule has 1 amide bonds. The van der Waals surface area contributed by atoms with Crippen LogP contribution in [0.4, 0.5) is 0 Å². The van der Waals surface area contributed by atoms with E-state index in [0.29, 0.717) is 29.2 Å². The van der Waals surface area contributed by atoms with Crippen LogP contribution in [0.2, 0.25) is 0 Å². The molecule has 0 radical (unpaired) electrons. The van der Waals surface area contributed by atoms with Gasteiger partial charge in [0.2, 0.25) is 5.91 Å². The van der Waals surface area contributed by atoms with Crippen LogP contribution in [0.25, 0.3) is 0 Å². The van der Waals surface area contributed by atoms with Gasteiger partial charge in [-0.25, -0.2) is 10.2 Å². The molecule has 3 aromatic rings. The third kappa shape index (κ3) is 6.54. The Balaban J connectivity index is 1.65. The van der Waals surface area contributed by atoms with Gasteiger partial charge in [0.1, 0.15) is 0 Å². The van der Waals surface area contributed by atoms with Crippen LogP contribution in [0.5, 0.6) is 11.5 Å². The van der Waals surface area contributed by atoms with Gasteiger partial charge in [0.05, 0.1) is 24.8 Å². The topological polar surface area (TPSA) is 77.0 Å². The molecule has 6 heteroatoms. The highest BCUT2D eigenvalue weighted by molar-refractivity contribution is 5.92. The second kappa shape index (κ2) is 10.7. The molecule has 0 aromatic heterocycles. The van der Waals surface area contributed by atoms with Crippen molar-refractivity contribution < 1.29 is 19.1 Å². The molecule has 3 aromatic carbocycles. The van der Waals surface area contributed by atoms with Crippen LogP contribution >= 0.6 is 0 Å². The first-order chi connectivity index (χ1) is 15.0. The Hall–Kier alpha value is -3.93. The summed E-state index contributed by atoms with van der Waals surface area (Å²) < 4.78 is 11.1. The van der Waals surface area contributed by atoms with E-state index >= 15 is 0 Å². The maximum absolute atomic E-state index is 12.5. The quantitative estimate of drug-likeness (QED) is 0.257. The Morgan fingerprint density at radius 1 is 0.968 bits per heavy atom. The largest absolute Gasteiger partial charge is 0.490 e. The predicted octanol–water partition coefficient (Wildman–Crippen LogP) is 4.31. The highest BCUT2D eigenvalue weighted by Crippen LogP contribution is 2.29. The zero-order chi connectivity index (χ0) is 22.1. The molecule has 0 atom stereocenters. The van der Waals surface area contributed by atoms with Crippen molar-refractivity contribution in [2.24, 2.45) is 5.10 Å². The molecule has 0 saturated carbocycles. The third-order valence-corrected chi connectivity index (χ3v) is 4.33. The Kier molecular flexibility index (Phi) is 7.54. The van der Waals surface area contributed by atoms with Crippen molar-refractivity contribution >= 4 is 18.1 Å². The molecule has 0 aliphatic rings. The second-order valence-corrected chi connectivity index (χ2v) is 6.85. The number of rotatable bonds is 8. The van der Waals surface area contributed by atoms with Crippen molar-refractivity contribution in [2.45, 2.75) is 20.3 Å². The van der Waals surface area contributed by atoms with Crippen molar-refractivity contribution in [2.75, 3.05) is 6.61 Å². The second-order valence-electron chi connectivity index (χ2n) is 6.85. The first-order valence-corrected chi connectivity index (χ1v) is 9.96. The number of aryl methyl sites for hydroxylation is 1. The van der Waals surface area contributed by atoms with Crippen LogP contribution in [0.15, 0.2) is 77.9 Å². The van der Waals surface area contributed by atoms with Crippen LogP contribution < -0.4 is 14.9 Å². The number of hydrazone groups is 1. The summed E-state index contributed by atoms with van der Waals surface area (Å²) >= 11 is 0. The summed E-state index contributed by atoms with van der Waals surface area (Å²) in [6, 6.07) is 21.7. The first kappa shape index (κ1) is 21.8. The van der Waals surface area contributed by atoms with Gasteiger partial charge in [-0.3, -0.25) is 4.79 Å². The van der Waals surface area contributed by atoms with Crippen molar-refractivity contribution in [3.8, 4) is 11.5 Å². The average Bonchev–Trinajstić information content (AvgIpc) is 2.76. The molecule has 0 fully saturated rings. The summed E-state index contributed by atoms with van der Waals surface area (Å²) in [6.45, 7) is 4.16. The molecular formula is C25H24N2O4. The number of carbonyl (C=O) groups is 2. The Bertz CT molecular complexity index is 1080. The highest BCUT2D eigenvalue weighted by Gasteiger charge is 2.13. The first-order valence-electron chi connectivity index (χ1n) is 9.96. The molecule has 31 heavy (non-hydrogen) atoms. The van der Waals surface area contributed by atoms with E-state index in [9.17, 15) is 9.59 Å². The summed E-state index contributed by atoms with van der Waals surface area (Å²) in [6.07, 6.45) is 1.76. The number of nitrogens with one attached hydrogen (secondary N) is 1. The van der Waals surface area contributed by atoms with Gasteiger partial charge in [0, 0.05) is 0 Å². The van der Waals surface area contributed by atoms with Gasteiger partial charge in [-0.2, -0.15) is 5.10 Å². The molecule has 0 unspecified atom stereocenters. The predicted molar refractivity (Wildman–Crippen MR) is 120 cm³/mol. The van der Waals surface area contributed by atoms with Crippen LogP contribution in [0.3, 0.4) is 0 Å². The fourth-order valence-corrected chi connectivity index (χ4v) is 2.89. The summed E-state index contributed by atoms with van der Waals surface area (Å²) in [4.78, 5) is 24.5. The van der Waals surface area contributed by atoms with Gasteiger partial charge in [0.25, 0.3) is 0 Å². The summed E-state index contributed by atoms with van der Waals surface area (Å²) in [5.41, 5.74) is 5.55. The van der Waals surface area contributed by atoms with E-state index < -0.39 is 5.97 Å². The summed E-state index contributed by atoms with van der Waals surface area (Å²) in [5.74, 6) is 0.0668. The van der Waals surface area contributed by atoms with E-state index in [2.05, 4.69) is 10.5 Å². The van der Waals surface area contributed by atoms with E-state index in [0.717, 1.165) is 11.1 Å².